The van der Waals surface area contributed by atoms with Crippen LogP contribution in [0.3, 0.4) is 0 Å². The van der Waals surface area contributed by atoms with Gasteiger partial charge in [-0.2, -0.15) is 0 Å². The first kappa shape index (κ1) is 11.6. The molecule has 0 radical (unpaired) electrons. The van der Waals surface area contributed by atoms with Gasteiger partial charge in [0.2, 0.25) is 0 Å². The van der Waals surface area contributed by atoms with Crippen molar-refractivity contribution in [2.75, 3.05) is 0 Å². The zero-order valence-corrected chi connectivity index (χ0v) is 10.2. The fourth-order valence-corrected chi connectivity index (χ4v) is 1.81. The van der Waals surface area contributed by atoms with Crippen molar-refractivity contribution >= 4 is 5.78 Å². The molecule has 1 heterocycles. The highest BCUT2D eigenvalue weighted by Crippen LogP contribution is 2.11. The van der Waals surface area contributed by atoms with Crippen LogP contribution in [0.1, 0.15) is 35.1 Å². The van der Waals surface area contributed by atoms with Crippen molar-refractivity contribution in [3.63, 3.8) is 0 Å². The van der Waals surface area contributed by atoms with E-state index in [0.717, 1.165) is 23.4 Å². The van der Waals surface area contributed by atoms with Gasteiger partial charge in [0, 0.05) is 37.8 Å². The number of rotatable bonds is 4. The summed E-state index contributed by atoms with van der Waals surface area (Å²) in [6, 6.07) is 7.79. The Bertz CT molecular complexity index is 529. The maximum atomic E-state index is 11.6. The smallest absolute Gasteiger partial charge is 0.162 e. The molecule has 2 aromatic rings. The maximum Gasteiger partial charge on any atom is 0.162 e. The molecule has 0 saturated heterocycles. The van der Waals surface area contributed by atoms with Crippen molar-refractivity contribution in [1.82, 2.24) is 9.55 Å². The summed E-state index contributed by atoms with van der Waals surface area (Å²) in [5, 5.41) is 0. The molecule has 0 aliphatic heterocycles. The molecule has 0 bridgehead atoms. The normalized spacial score (nSPS) is 10.5. The summed E-state index contributed by atoms with van der Waals surface area (Å²) in [5.41, 5.74) is 1.91. The Morgan fingerprint density at radius 2 is 2.24 bits per heavy atom. The van der Waals surface area contributed by atoms with Gasteiger partial charge in [-0.1, -0.05) is 25.1 Å². The Balaban J connectivity index is 2.22. The molecule has 88 valence electrons. The minimum atomic E-state index is 0.187. The zero-order chi connectivity index (χ0) is 12.3. The Morgan fingerprint density at radius 3 is 2.88 bits per heavy atom. The van der Waals surface area contributed by atoms with Gasteiger partial charge in [0.15, 0.2) is 5.78 Å². The van der Waals surface area contributed by atoms with Crippen molar-refractivity contribution in [2.45, 2.75) is 19.8 Å². The summed E-state index contributed by atoms with van der Waals surface area (Å²) in [6.07, 6.45) is 5.02. The number of carbonyl (C=O) groups excluding carboxylic acids is 1. The molecule has 0 amide bonds. The molecule has 0 aliphatic carbocycles. The minimum Gasteiger partial charge on any atom is -0.338 e. The van der Waals surface area contributed by atoms with Crippen LogP contribution in [-0.2, 0) is 13.5 Å². The van der Waals surface area contributed by atoms with E-state index in [1.807, 2.05) is 49.0 Å². The van der Waals surface area contributed by atoms with Crippen molar-refractivity contribution in [1.29, 1.82) is 0 Å². The van der Waals surface area contributed by atoms with Gasteiger partial charge >= 0.3 is 0 Å². The van der Waals surface area contributed by atoms with Crippen LogP contribution in [-0.4, -0.2) is 15.3 Å². The van der Waals surface area contributed by atoms with Gasteiger partial charge in [0.1, 0.15) is 5.82 Å². The molecule has 17 heavy (non-hydrogen) atoms. The maximum absolute atomic E-state index is 11.6. The Hall–Kier alpha value is -1.90. The van der Waals surface area contributed by atoms with Crippen molar-refractivity contribution in [2.24, 2.45) is 7.05 Å². The molecule has 1 aromatic carbocycles. The second-order valence-electron chi connectivity index (χ2n) is 4.11. The highest BCUT2D eigenvalue weighted by Gasteiger charge is 2.05. The summed E-state index contributed by atoms with van der Waals surface area (Å²) >= 11 is 0. The van der Waals surface area contributed by atoms with E-state index in [2.05, 4.69) is 4.98 Å². The number of carbonyl (C=O) groups is 1. The van der Waals surface area contributed by atoms with E-state index in [4.69, 9.17) is 0 Å². The standard InChI is InChI=1S/C14H16N2O/c1-3-13(17)12-6-4-5-11(9-12)10-14-15-7-8-16(14)2/h4-9H,3,10H2,1-2H3. The second-order valence-corrected chi connectivity index (χ2v) is 4.11. The lowest BCUT2D eigenvalue weighted by atomic mass is 10.0. The van der Waals surface area contributed by atoms with Gasteiger partial charge < -0.3 is 4.57 Å². The van der Waals surface area contributed by atoms with Crippen LogP contribution >= 0.6 is 0 Å². The number of nitrogens with zero attached hydrogens (tertiary/aromatic N) is 2. The summed E-state index contributed by atoms with van der Waals surface area (Å²) in [5.74, 6) is 1.19. The largest absolute Gasteiger partial charge is 0.338 e. The number of aryl methyl sites for hydroxylation is 1. The lowest BCUT2D eigenvalue weighted by Gasteiger charge is -2.04. The number of Topliss-reactive ketones (excluding diaryl/α,β-unsaturated/α-hetero) is 1. The number of imidazole rings is 1. The first-order valence-corrected chi connectivity index (χ1v) is 5.79. The first-order valence-electron chi connectivity index (χ1n) is 5.79. The van der Waals surface area contributed by atoms with E-state index in [1.165, 1.54) is 0 Å². The van der Waals surface area contributed by atoms with E-state index in [9.17, 15) is 4.79 Å². The van der Waals surface area contributed by atoms with E-state index < -0.39 is 0 Å². The third-order valence-electron chi connectivity index (χ3n) is 2.85. The van der Waals surface area contributed by atoms with Crippen LogP contribution in [0.4, 0.5) is 0 Å². The monoisotopic (exact) mass is 228 g/mol. The molecule has 3 nitrogen and oxygen atoms in total. The summed E-state index contributed by atoms with van der Waals surface area (Å²) in [4.78, 5) is 15.9. The van der Waals surface area contributed by atoms with E-state index in [1.54, 1.807) is 6.20 Å². The quantitative estimate of drug-likeness (QED) is 0.754. The van der Waals surface area contributed by atoms with E-state index >= 15 is 0 Å². The van der Waals surface area contributed by atoms with Crippen LogP contribution in [0.15, 0.2) is 36.7 Å². The number of hydrogen-bond donors (Lipinski definition) is 0. The third kappa shape index (κ3) is 2.61. The summed E-state index contributed by atoms with van der Waals surface area (Å²) < 4.78 is 1.99. The molecule has 1 aromatic heterocycles. The lowest BCUT2D eigenvalue weighted by molar-refractivity contribution is 0.0988. The predicted octanol–water partition coefficient (Wildman–Crippen LogP) is 2.60. The molecule has 0 atom stereocenters. The molecule has 0 N–H and O–H groups in total. The molecule has 0 saturated carbocycles. The average Bonchev–Trinajstić information content (AvgIpc) is 2.74. The summed E-state index contributed by atoms with van der Waals surface area (Å²) in [6.45, 7) is 1.88. The van der Waals surface area contributed by atoms with Crippen LogP contribution < -0.4 is 0 Å². The fraction of sp³-hybridized carbons (Fsp3) is 0.286. The van der Waals surface area contributed by atoms with E-state index in [0.29, 0.717) is 6.42 Å². The molecule has 0 spiro atoms. The van der Waals surface area contributed by atoms with E-state index in [-0.39, 0.29) is 5.78 Å². The molecule has 0 unspecified atom stereocenters. The van der Waals surface area contributed by atoms with Crippen LogP contribution in [0.25, 0.3) is 0 Å². The Labute approximate surface area is 101 Å². The van der Waals surface area contributed by atoms with Gasteiger partial charge in [0.05, 0.1) is 0 Å². The number of ketones is 1. The fourth-order valence-electron chi connectivity index (χ4n) is 1.81. The average molecular weight is 228 g/mol. The zero-order valence-electron chi connectivity index (χ0n) is 10.2. The third-order valence-corrected chi connectivity index (χ3v) is 2.85. The lowest BCUT2D eigenvalue weighted by Crippen LogP contribution is -2.01. The Kier molecular flexibility index (Phi) is 3.38. The molecular weight excluding hydrogens is 212 g/mol. The van der Waals surface area contributed by atoms with Gasteiger partial charge in [0.25, 0.3) is 0 Å². The SMILES string of the molecule is CCC(=O)c1cccc(Cc2nccn2C)c1. The number of hydrogen-bond acceptors (Lipinski definition) is 2. The number of aromatic nitrogens is 2. The Morgan fingerprint density at radius 1 is 1.41 bits per heavy atom. The van der Waals surface area contributed by atoms with Gasteiger partial charge in [-0.15, -0.1) is 0 Å². The van der Waals surface area contributed by atoms with Crippen molar-refractivity contribution < 1.29 is 4.79 Å². The van der Waals surface area contributed by atoms with Crippen LogP contribution in [0, 0.1) is 0 Å². The topological polar surface area (TPSA) is 34.9 Å². The van der Waals surface area contributed by atoms with Crippen molar-refractivity contribution in [3.05, 3.63) is 53.6 Å². The first-order chi connectivity index (χ1) is 8.20. The molecule has 0 fully saturated rings. The van der Waals surface area contributed by atoms with Gasteiger partial charge in [-0.25, -0.2) is 4.98 Å². The highest BCUT2D eigenvalue weighted by atomic mass is 16.1. The van der Waals surface area contributed by atoms with Gasteiger partial charge in [-0.3, -0.25) is 4.79 Å². The molecular formula is C14H16N2O. The van der Waals surface area contributed by atoms with Crippen LogP contribution in [0.5, 0.6) is 0 Å². The second kappa shape index (κ2) is 4.95. The van der Waals surface area contributed by atoms with Gasteiger partial charge in [-0.05, 0) is 11.6 Å². The van der Waals surface area contributed by atoms with Crippen molar-refractivity contribution in [3.8, 4) is 0 Å². The summed E-state index contributed by atoms with van der Waals surface area (Å²) in [7, 11) is 1.98. The molecule has 2 rings (SSSR count). The number of benzene rings is 1. The molecule has 0 aliphatic rings. The molecule has 3 heteroatoms. The highest BCUT2D eigenvalue weighted by molar-refractivity contribution is 5.95. The van der Waals surface area contributed by atoms with Crippen LogP contribution in [0.2, 0.25) is 0 Å². The minimum absolute atomic E-state index is 0.187. The predicted molar refractivity (Wildman–Crippen MR) is 67.1 cm³/mol.